The van der Waals surface area contributed by atoms with Crippen LogP contribution in [0.2, 0.25) is 0 Å². The second-order valence-electron chi connectivity index (χ2n) is 8.38. The number of esters is 1. The minimum Gasteiger partial charge on any atom is -0.497 e. The van der Waals surface area contributed by atoms with Crippen molar-refractivity contribution in [3.05, 3.63) is 53.1 Å². The molecule has 32 heavy (non-hydrogen) atoms. The van der Waals surface area contributed by atoms with E-state index in [9.17, 15) is 4.79 Å². The van der Waals surface area contributed by atoms with Crippen LogP contribution in [0.1, 0.15) is 35.6 Å². The molecule has 2 aromatic rings. The van der Waals surface area contributed by atoms with Gasteiger partial charge in [0.2, 0.25) is 0 Å². The number of methoxy groups -OCH3 is 4. The van der Waals surface area contributed by atoms with Crippen molar-refractivity contribution in [2.75, 3.05) is 35.0 Å². The third-order valence-electron chi connectivity index (χ3n) is 7.09. The van der Waals surface area contributed by atoms with Crippen molar-refractivity contribution in [1.82, 2.24) is 4.90 Å². The molecular formula is C26H29NO5. The average Bonchev–Trinajstić information content (AvgIpc) is 3.11. The maximum Gasteiger partial charge on any atom is 0.326 e. The van der Waals surface area contributed by atoms with E-state index in [0.29, 0.717) is 18.0 Å². The molecule has 2 aliphatic rings. The van der Waals surface area contributed by atoms with E-state index >= 15 is 0 Å². The summed E-state index contributed by atoms with van der Waals surface area (Å²) in [6.07, 6.45) is 6.93. The van der Waals surface area contributed by atoms with Crippen LogP contribution in [0.5, 0.6) is 17.2 Å². The van der Waals surface area contributed by atoms with E-state index in [4.69, 9.17) is 25.4 Å². The maximum atomic E-state index is 13.3. The number of hydrogen-bond acceptors (Lipinski definition) is 6. The monoisotopic (exact) mass is 435 g/mol. The highest BCUT2D eigenvalue weighted by Gasteiger charge is 2.62. The number of ether oxygens (including phenoxy) is 4. The number of terminal acetylenes is 1. The minimum atomic E-state index is -0.921. The summed E-state index contributed by atoms with van der Waals surface area (Å²) < 4.78 is 21.7. The summed E-state index contributed by atoms with van der Waals surface area (Å²) in [5.74, 6) is 4.34. The van der Waals surface area contributed by atoms with Crippen molar-refractivity contribution in [2.45, 2.75) is 30.8 Å². The molecule has 6 nitrogen and oxygen atoms in total. The van der Waals surface area contributed by atoms with Gasteiger partial charge >= 0.3 is 5.97 Å². The first kappa shape index (κ1) is 22.0. The molecule has 0 spiro atoms. The van der Waals surface area contributed by atoms with Crippen molar-refractivity contribution >= 4 is 5.97 Å². The van der Waals surface area contributed by atoms with Crippen LogP contribution in [-0.4, -0.2) is 51.4 Å². The van der Waals surface area contributed by atoms with Gasteiger partial charge in [0.25, 0.3) is 0 Å². The number of nitrogens with zero attached hydrogens (tertiary/aromatic N) is 1. The molecule has 0 N–H and O–H groups in total. The summed E-state index contributed by atoms with van der Waals surface area (Å²) in [6, 6.07) is 11.7. The molecule has 1 saturated heterocycles. The number of carbonyl (C=O) groups excluding carboxylic acids is 1. The highest BCUT2D eigenvalue weighted by Crippen LogP contribution is 2.58. The fourth-order valence-corrected chi connectivity index (χ4v) is 5.58. The Bertz CT molecular complexity index is 1060. The first-order chi connectivity index (χ1) is 15.4. The Kier molecular flexibility index (Phi) is 5.79. The van der Waals surface area contributed by atoms with Crippen LogP contribution in [-0.2, 0) is 16.0 Å². The molecule has 0 amide bonds. The molecule has 2 aromatic carbocycles. The highest BCUT2D eigenvalue weighted by molar-refractivity contribution is 5.83. The van der Waals surface area contributed by atoms with E-state index < -0.39 is 5.54 Å². The predicted molar refractivity (Wildman–Crippen MR) is 121 cm³/mol. The fourth-order valence-electron chi connectivity index (χ4n) is 5.58. The number of rotatable bonds is 5. The lowest BCUT2D eigenvalue weighted by Gasteiger charge is -2.41. The lowest BCUT2D eigenvalue weighted by molar-refractivity contribution is -0.154. The van der Waals surface area contributed by atoms with Gasteiger partial charge in [0.05, 0.1) is 34.5 Å². The second-order valence-corrected chi connectivity index (χ2v) is 8.38. The smallest absolute Gasteiger partial charge is 0.326 e. The first-order valence-electron chi connectivity index (χ1n) is 10.6. The van der Waals surface area contributed by atoms with Gasteiger partial charge in [-0.05, 0) is 54.3 Å². The quantitative estimate of drug-likeness (QED) is 0.529. The third-order valence-corrected chi connectivity index (χ3v) is 7.09. The Morgan fingerprint density at radius 3 is 2.28 bits per heavy atom. The van der Waals surface area contributed by atoms with Crippen LogP contribution in [0, 0.1) is 18.3 Å². The van der Waals surface area contributed by atoms with Crippen molar-refractivity contribution in [1.29, 1.82) is 0 Å². The molecule has 2 aliphatic heterocycles. The summed E-state index contributed by atoms with van der Waals surface area (Å²) >= 11 is 0. The molecule has 168 valence electrons. The highest BCUT2D eigenvalue weighted by atomic mass is 16.5. The van der Waals surface area contributed by atoms with Crippen LogP contribution in [0.3, 0.4) is 0 Å². The zero-order chi connectivity index (χ0) is 23.0. The van der Waals surface area contributed by atoms with Crippen molar-refractivity contribution in [2.24, 2.45) is 5.92 Å². The van der Waals surface area contributed by atoms with Crippen LogP contribution >= 0.6 is 0 Å². The number of fused-ring (bicyclic) bond motifs is 3. The molecular weight excluding hydrogens is 406 g/mol. The van der Waals surface area contributed by atoms with Gasteiger partial charge < -0.3 is 18.9 Å². The lowest BCUT2D eigenvalue weighted by atomic mass is 9.74. The van der Waals surface area contributed by atoms with E-state index in [1.807, 2.05) is 43.3 Å². The third kappa shape index (κ3) is 3.11. The molecule has 0 unspecified atom stereocenters. The van der Waals surface area contributed by atoms with Crippen LogP contribution in [0.4, 0.5) is 0 Å². The molecule has 6 heteroatoms. The van der Waals surface area contributed by atoms with E-state index in [1.54, 1.807) is 21.3 Å². The SMILES string of the molecule is C#C[C@@H]1[C@@H](c2ccc(OC)cc2)[C@](C)(C(=O)OC)N2CCc3cc(OC)c(OC)cc3[C@@H]12. The Balaban J connectivity index is 1.91. The topological polar surface area (TPSA) is 57.2 Å². The summed E-state index contributed by atoms with van der Waals surface area (Å²) in [4.78, 5) is 15.5. The Morgan fingerprint density at radius 2 is 1.72 bits per heavy atom. The summed E-state index contributed by atoms with van der Waals surface area (Å²) in [6.45, 7) is 2.63. The minimum absolute atomic E-state index is 0.153. The van der Waals surface area contributed by atoms with Gasteiger partial charge in [-0.25, -0.2) is 0 Å². The van der Waals surface area contributed by atoms with Gasteiger partial charge in [-0.2, -0.15) is 0 Å². The average molecular weight is 436 g/mol. The summed E-state index contributed by atoms with van der Waals surface area (Å²) in [7, 11) is 6.32. The number of hydrogen-bond donors (Lipinski definition) is 0. The molecule has 0 aliphatic carbocycles. The Labute approximate surface area is 189 Å². The van der Waals surface area contributed by atoms with Crippen molar-refractivity contribution in [3.63, 3.8) is 0 Å². The molecule has 4 rings (SSSR count). The molecule has 1 fully saturated rings. The first-order valence-corrected chi connectivity index (χ1v) is 10.6. The van der Waals surface area contributed by atoms with Gasteiger partial charge in [-0.3, -0.25) is 9.69 Å². The normalized spacial score (nSPS) is 26.4. The Morgan fingerprint density at radius 1 is 1.06 bits per heavy atom. The predicted octanol–water partition coefficient (Wildman–Crippen LogP) is 3.59. The van der Waals surface area contributed by atoms with Crippen molar-refractivity contribution in [3.8, 4) is 29.6 Å². The maximum absolute atomic E-state index is 13.3. The van der Waals surface area contributed by atoms with Gasteiger partial charge in [0, 0.05) is 18.4 Å². The summed E-state index contributed by atoms with van der Waals surface area (Å²) in [5.41, 5.74) is 2.29. The molecule has 0 radical (unpaired) electrons. The molecule has 2 heterocycles. The van der Waals surface area contributed by atoms with E-state index in [2.05, 4.69) is 10.8 Å². The van der Waals surface area contributed by atoms with E-state index in [1.165, 1.54) is 7.11 Å². The van der Waals surface area contributed by atoms with Crippen LogP contribution in [0.15, 0.2) is 36.4 Å². The standard InChI is InChI=1S/C26H29NO5/c1-7-19-23(16-8-10-18(29-3)11-9-16)26(2,25(28)32-6)27-13-12-17-14-21(30-4)22(31-5)15-20(17)24(19)27/h1,8-11,14-15,19,23-24H,12-13H2,2-6H3/t19-,23-,24-,26-/m1/s1. The van der Waals surface area contributed by atoms with Gasteiger partial charge in [-0.1, -0.05) is 12.1 Å². The van der Waals surface area contributed by atoms with Gasteiger partial charge in [0.15, 0.2) is 11.5 Å². The molecule has 4 atom stereocenters. The largest absolute Gasteiger partial charge is 0.497 e. The lowest BCUT2D eigenvalue weighted by Crippen LogP contribution is -2.53. The molecule has 0 bridgehead atoms. The Hall–Kier alpha value is -3.17. The molecule has 0 saturated carbocycles. The second kappa shape index (κ2) is 8.40. The summed E-state index contributed by atoms with van der Waals surface area (Å²) in [5, 5.41) is 0. The number of carbonyl (C=O) groups is 1. The van der Waals surface area contributed by atoms with Crippen LogP contribution in [0.25, 0.3) is 0 Å². The zero-order valence-electron chi connectivity index (χ0n) is 19.2. The fraction of sp³-hybridized carbons (Fsp3) is 0.423. The number of benzene rings is 2. The molecule has 0 aromatic heterocycles. The zero-order valence-corrected chi connectivity index (χ0v) is 19.2. The van der Waals surface area contributed by atoms with Crippen LogP contribution < -0.4 is 14.2 Å². The van der Waals surface area contributed by atoms with Crippen molar-refractivity contribution < 1.29 is 23.7 Å². The van der Waals surface area contributed by atoms with Gasteiger partial charge in [-0.15, -0.1) is 12.3 Å². The van der Waals surface area contributed by atoms with Gasteiger partial charge in [0.1, 0.15) is 11.3 Å². The van der Waals surface area contributed by atoms with E-state index in [0.717, 1.165) is 28.9 Å². The van der Waals surface area contributed by atoms with E-state index in [-0.39, 0.29) is 23.8 Å².